The third kappa shape index (κ3) is 4.85. The van der Waals surface area contributed by atoms with Gasteiger partial charge in [-0.25, -0.2) is 13.2 Å². The van der Waals surface area contributed by atoms with Gasteiger partial charge in [0.2, 0.25) is 0 Å². The van der Waals surface area contributed by atoms with Crippen LogP contribution in [0.1, 0.15) is 38.8 Å². The van der Waals surface area contributed by atoms with Crippen molar-refractivity contribution in [3.63, 3.8) is 0 Å². The van der Waals surface area contributed by atoms with Crippen molar-refractivity contribution in [1.82, 2.24) is 10.6 Å². The van der Waals surface area contributed by atoms with Crippen molar-refractivity contribution in [2.45, 2.75) is 44.2 Å². The predicted molar refractivity (Wildman–Crippen MR) is 79.4 cm³/mol. The Hall–Kier alpha value is -1.56. The molecule has 1 aromatic rings. The number of sulfone groups is 1. The third-order valence-corrected chi connectivity index (χ3v) is 4.27. The summed E-state index contributed by atoms with van der Waals surface area (Å²) in [5, 5.41) is 5.64. The van der Waals surface area contributed by atoms with Gasteiger partial charge in [0.15, 0.2) is 9.84 Å². The summed E-state index contributed by atoms with van der Waals surface area (Å²) < 4.78 is 22.7. The largest absolute Gasteiger partial charge is 0.336 e. The van der Waals surface area contributed by atoms with Gasteiger partial charge in [-0.3, -0.25) is 0 Å². The Kier molecular flexibility index (Phi) is 5.56. The number of hydrogen-bond acceptors (Lipinski definition) is 3. The molecule has 0 saturated carbocycles. The van der Waals surface area contributed by atoms with Gasteiger partial charge in [-0.1, -0.05) is 19.1 Å². The van der Waals surface area contributed by atoms with Crippen LogP contribution >= 0.6 is 0 Å². The molecule has 0 aliphatic heterocycles. The lowest BCUT2D eigenvalue weighted by Crippen LogP contribution is -2.41. The zero-order valence-electron chi connectivity index (χ0n) is 12.3. The fourth-order valence-corrected chi connectivity index (χ4v) is 2.28. The first-order valence-corrected chi connectivity index (χ1v) is 8.50. The Morgan fingerprint density at radius 2 is 1.70 bits per heavy atom. The van der Waals surface area contributed by atoms with Crippen molar-refractivity contribution in [2.24, 2.45) is 0 Å². The minimum absolute atomic E-state index is 0.120. The molecule has 1 aromatic carbocycles. The molecule has 6 heteroatoms. The second kappa shape index (κ2) is 6.74. The van der Waals surface area contributed by atoms with Crippen LogP contribution in [0.3, 0.4) is 0 Å². The molecule has 0 heterocycles. The molecule has 2 atom stereocenters. The van der Waals surface area contributed by atoms with Crippen LogP contribution < -0.4 is 10.6 Å². The van der Waals surface area contributed by atoms with E-state index < -0.39 is 9.84 Å². The zero-order valence-corrected chi connectivity index (χ0v) is 13.1. The van der Waals surface area contributed by atoms with E-state index in [1.807, 2.05) is 20.8 Å². The van der Waals surface area contributed by atoms with Crippen molar-refractivity contribution in [2.75, 3.05) is 6.26 Å². The SMILES string of the molecule is CCC(C)NC(=O)NC(C)c1ccc(S(C)(=O)=O)cc1. The van der Waals surface area contributed by atoms with Gasteiger partial charge >= 0.3 is 6.03 Å². The fraction of sp³-hybridized carbons (Fsp3) is 0.500. The van der Waals surface area contributed by atoms with Crippen molar-refractivity contribution in [3.05, 3.63) is 29.8 Å². The molecular weight excluding hydrogens is 276 g/mol. The molecule has 0 radical (unpaired) electrons. The molecule has 0 bridgehead atoms. The average Bonchev–Trinajstić information content (AvgIpc) is 2.37. The summed E-state index contributed by atoms with van der Waals surface area (Å²) in [6.45, 7) is 5.79. The maximum atomic E-state index is 11.7. The van der Waals surface area contributed by atoms with Crippen LogP contribution in [0, 0.1) is 0 Å². The molecule has 2 unspecified atom stereocenters. The summed E-state index contributed by atoms with van der Waals surface area (Å²) in [6, 6.07) is 6.24. The van der Waals surface area contributed by atoms with Crippen LogP contribution in [-0.2, 0) is 9.84 Å². The Morgan fingerprint density at radius 1 is 1.15 bits per heavy atom. The zero-order chi connectivity index (χ0) is 15.3. The predicted octanol–water partition coefficient (Wildman–Crippen LogP) is 2.25. The van der Waals surface area contributed by atoms with Crippen LogP contribution in [0.25, 0.3) is 0 Å². The summed E-state index contributed by atoms with van der Waals surface area (Å²) in [5.74, 6) is 0. The normalized spacial score (nSPS) is 14.4. The Morgan fingerprint density at radius 3 is 2.15 bits per heavy atom. The molecule has 5 nitrogen and oxygen atoms in total. The first kappa shape index (κ1) is 16.5. The Bertz CT molecular complexity index is 552. The first-order chi connectivity index (χ1) is 9.24. The first-order valence-electron chi connectivity index (χ1n) is 6.61. The number of hydrogen-bond donors (Lipinski definition) is 2. The van der Waals surface area contributed by atoms with Gasteiger partial charge in [-0.2, -0.15) is 0 Å². The standard InChI is InChI=1S/C14H22N2O3S/c1-5-10(2)15-14(17)16-11(3)12-6-8-13(9-7-12)20(4,18)19/h6-11H,5H2,1-4H3,(H2,15,16,17). The van der Waals surface area contributed by atoms with Crippen molar-refractivity contribution < 1.29 is 13.2 Å². The minimum atomic E-state index is -3.19. The van der Waals surface area contributed by atoms with E-state index in [1.165, 1.54) is 6.26 Å². The summed E-state index contributed by atoms with van der Waals surface area (Å²) in [5.41, 5.74) is 0.858. The highest BCUT2D eigenvalue weighted by Crippen LogP contribution is 2.16. The Balaban J connectivity index is 2.69. The van der Waals surface area contributed by atoms with Gasteiger partial charge < -0.3 is 10.6 Å². The number of rotatable bonds is 5. The molecular formula is C14H22N2O3S. The molecule has 0 aliphatic rings. The van der Waals surface area contributed by atoms with Crippen molar-refractivity contribution in [3.8, 4) is 0 Å². The van der Waals surface area contributed by atoms with E-state index in [0.717, 1.165) is 12.0 Å². The van der Waals surface area contributed by atoms with Gasteiger partial charge in [-0.15, -0.1) is 0 Å². The van der Waals surface area contributed by atoms with Crippen LogP contribution in [0.5, 0.6) is 0 Å². The number of amides is 2. The van der Waals surface area contributed by atoms with E-state index in [9.17, 15) is 13.2 Å². The molecule has 112 valence electrons. The van der Waals surface area contributed by atoms with E-state index in [1.54, 1.807) is 24.3 Å². The fourth-order valence-electron chi connectivity index (χ4n) is 1.65. The maximum Gasteiger partial charge on any atom is 0.315 e. The quantitative estimate of drug-likeness (QED) is 0.875. The van der Waals surface area contributed by atoms with E-state index in [4.69, 9.17) is 0 Å². The molecule has 0 fully saturated rings. The van der Waals surface area contributed by atoms with Crippen LogP contribution in [0.4, 0.5) is 4.79 Å². The topological polar surface area (TPSA) is 75.3 Å². The molecule has 1 rings (SSSR count). The lowest BCUT2D eigenvalue weighted by molar-refractivity contribution is 0.234. The monoisotopic (exact) mass is 298 g/mol. The number of nitrogens with one attached hydrogen (secondary N) is 2. The highest BCUT2D eigenvalue weighted by atomic mass is 32.2. The van der Waals surface area contributed by atoms with Gasteiger partial charge in [0.1, 0.15) is 0 Å². The summed E-state index contributed by atoms with van der Waals surface area (Å²) >= 11 is 0. The molecule has 2 N–H and O–H groups in total. The smallest absolute Gasteiger partial charge is 0.315 e. The molecule has 0 aliphatic carbocycles. The van der Waals surface area contributed by atoms with Gasteiger partial charge in [0.25, 0.3) is 0 Å². The molecule has 0 spiro atoms. The average molecular weight is 298 g/mol. The highest BCUT2D eigenvalue weighted by molar-refractivity contribution is 7.90. The van der Waals surface area contributed by atoms with E-state index in [-0.39, 0.29) is 23.0 Å². The van der Waals surface area contributed by atoms with Gasteiger partial charge in [-0.05, 0) is 38.0 Å². The highest BCUT2D eigenvalue weighted by Gasteiger charge is 2.12. The summed E-state index contributed by atoms with van der Waals surface area (Å²) in [4.78, 5) is 12.0. The molecule has 2 amide bonds. The number of carbonyl (C=O) groups excluding carboxylic acids is 1. The molecule has 0 saturated heterocycles. The number of benzene rings is 1. The van der Waals surface area contributed by atoms with E-state index in [0.29, 0.717) is 0 Å². The molecule has 20 heavy (non-hydrogen) atoms. The summed E-state index contributed by atoms with van der Waals surface area (Å²) in [7, 11) is -3.19. The van der Waals surface area contributed by atoms with Gasteiger partial charge in [0.05, 0.1) is 10.9 Å². The van der Waals surface area contributed by atoms with Crippen LogP contribution in [0.15, 0.2) is 29.2 Å². The summed E-state index contributed by atoms with van der Waals surface area (Å²) in [6.07, 6.45) is 2.04. The molecule has 0 aromatic heterocycles. The maximum absolute atomic E-state index is 11.7. The number of carbonyl (C=O) groups is 1. The lowest BCUT2D eigenvalue weighted by Gasteiger charge is -2.17. The second-order valence-corrected chi connectivity index (χ2v) is 7.01. The number of urea groups is 1. The lowest BCUT2D eigenvalue weighted by atomic mass is 10.1. The van der Waals surface area contributed by atoms with Gasteiger partial charge in [0, 0.05) is 12.3 Å². The second-order valence-electron chi connectivity index (χ2n) is 4.99. The van der Waals surface area contributed by atoms with E-state index in [2.05, 4.69) is 10.6 Å². The van der Waals surface area contributed by atoms with Crippen molar-refractivity contribution >= 4 is 15.9 Å². The Labute approximate surface area is 120 Å². The van der Waals surface area contributed by atoms with E-state index >= 15 is 0 Å². The van der Waals surface area contributed by atoms with Crippen LogP contribution in [-0.4, -0.2) is 26.7 Å². The minimum Gasteiger partial charge on any atom is -0.336 e. The van der Waals surface area contributed by atoms with Crippen molar-refractivity contribution in [1.29, 1.82) is 0 Å². The third-order valence-electron chi connectivity index (χ3n) is 3.15. The van der Waals surface area contributed by atoms with Crippen LogP contribution in [0.2, 0.25) is 0 Å².